The molecule has 4 aromatic rings. The van der Waals surface area contributed by atoms with Crippen molar-refractivity contribution in [2.45, 2.75) is 25.4 Å². The van der Waals surface area contributed by atoms with Crippen LogP contribution in [-0.4, -0.2) is 21.6 Å². The highest BCUT2D eigenvalue weighted by molar-refractivity contribution is 7.99. The van der Waals surface area contributed by atoms with Crippen LogP contribution in [0.4, 0.5) is 5.69 Å². The van der Waals surface area contributed by atoms with Gasteiger partial charge in [0.1, 0.15) is 0 Å². The van der Waals surface area contributed by atoms with Gasteiger partial charge < -0.3 is 10.3 Å². The zero-order valence-corrected chi connectivity index (χ0v) is 18.5. The summed E-state index contributed by atoms with van der Waals surface area (Å²) in [6.07, 6.45) is 0.417. The van der Waals surface area contributed by atoms with Gasteiger partial charge in [0.15, 0.2) is 5.16 Å². The Labute approximate surface area is 187 Å². The molecule has 0 spiro atoms. The molecule has 4 rings (SSSR count). The van der Waals surface area contributed by atoms with Crippen LogP contribution in [0, 0.1) is 13.8 Å². The number of aryl methyl sites for hydroxylation is 2. The fraction of sp³-hybridized carbons (Fsp3) is 0.154. The van der Waals surface area contributed by atoms with Gasteiger partial charge in [0.25, 0.3) is 0 Å². The highest BCUT2D eigenvalue weighted by Gasteiger charge is 2.15. The number of thioether (sulfide) groups is 1. The maximum Gasteiger partial charge on any atom is 0.225 e. The first-order valence-corrected chi connectivity index (χ1v) is 11.3. The van der Waals surface area contributed by atoms with E-state index in [0.717, 1.165) is 44.5 Å². The van der Waals surface area contributed by atoms with Crippen molar-refractivity contribution in [2.75, 3.05) is 11.1 Å². The molecule has 0 unspecified atom stereocenters. The lowest BCUT2D eigenvalue weighted by Crippen LogP contribution is -2.13. The largest absolute Gasteiger partial charge is 0.332 e. The number of rotatable bonds is 7. The number of imidazole rings is 1. The van der Waals surface area contributed by atoms with Crippen LogP contribution in [0.25, 0.3) is 22.5 Å². The van der Waals surface area contributed by atoms with E-state index in [1.807, 2.05) is 68.4 Å². The standard InChI is InChI=1S/C26H25N3OS/c1-18-13-14-19(2)22(17-18)27-23(30)15-16-31-26-28-24(20-9-5-3-6-10-20)25(29-26)21-11-7-4-8-12-21/h3-14,17H,15-16H2,1-2H3,(H,27,30)(H,28,29). The highest BCUT2D eigenvalue weighted by atomic mass is 32.2. The molecule has 1 heterocycles. The van der Waals surface area contributed by atoms with Crippen molar-refractivity contribution in [1.82, 2.24) is 9.97 Å². The van der Waals surface area contributed by atoms with Gasteiger partial charge in [0.2, 0.25) is 5.91 Å². The molecule has 156 valence electrons. The van der Waals surface area contributed by atoms with Crippen molar-refractivity contribution < 1.29 is 4.79 Å². The average Bonchev–Trinajstić information content (AvgIpc) is 3.22. The first-order chi connectivity index (χ1) is 15.1. The zero-order chi connectivity index (χ0) is 21.6. The lowest BCUT2D eigenvalue weighted by molar-refractivity contribution is -0.115. The smallest absolute Gasteiger partial charge is 0.225 e. The molecule has 0 radical (unpaired) electrons. The maximum atomic E-state index is 12.4. The van der Waals surface area contributed by atoms with Gasteiger partial charge in [0.05, 0.1) is 11.4 Å². The molecular formula is C26H25N3OS. The van der Waals surface area contributed by atoms with Crippen LogP contribution in [0.15, 0.2) is 84.0 Å². The van der Waals surface area contributed by atoms with Gasteiger partial charge in [-0.15, -0.1) is 0 Å². The first kappa shape index (κ1) is 20.9. The Kier molecular flexibility index (Phi) is 6.53. The summed E-state index contributed by atoms with van der Waals surface area (Å²) in [6, 6.07) is 26.4. The number of H-pyrrole nitrogens is 1. The van der Waals surface area contributed by atoms with Crippen molar-refractivity contribution in [3.05, 3.63) is 90.0 Å². The summed E-state index contributed by atoms with van der Waals surface area (Å²) in [5.41, 5.74) is 7.16. The summed E-state index contributed by atoms with van der Waals surface area (Å²) in [6.45, 7) is 4.03. The molecule has 1 aromatic heterocycles. The third kappa shape index (κ3) is 5.25. The van der Waals surface area contributed by atoms with Crippen LogP contribution in [0.1, 0.15) is 17.5 Å². The minimum atomic E-state index is 0.0133. The molecule has 0 atom stereocenters. The number of carbonyl (C=O) groups excluding carboxylic acids is 1. The number of amides is 1. The van der Waals surface area contributed by atoms with Crippen LogP contribution >= 0.6 is 11.8 Å². The van der Waals surface area contributed by atoms with Crippen LogP contribution in [0.3, 0.4) is 0 Å². The van der Waals surface area contributed by atoms with Crippen LogP contribution in [0.2, 0.25) is 0 Å². The highest BCUT2D eigenvalue weighted by Crippen LogP contribution is 2.32. The van der Waals surface area contributed by atoms with Gasteiger partial charge in [-0.2, -0.15) is 0 Å². The molecule has 0 saturated carbocycles. The second-order valence-electron chi connectivity index (χ2n) is 7.46. The van der Waals surface area contributed by atoms with Crippen molar-refractivity contribution in [1.29, 1.82) is 0 Å². The molecule has 0 aliphatic carbocycles. The van der Waals surface area contributed by atoms with E-state index in [4.69, 9.17) is 4.98 Å². The number of aromatic amines is 1. The number of nitrogens with zero attached hydrogens (tertiary/aromatic N) is 1. The molecule has 31 heavy (non-hydrogen) atoms. The molecule has 0 aliphatic rings. The molecule has 0 fully saturated rings. The molecule has 0 aliphatic heterocycles. The third-order valence-corrected chi connectivity index (χ3v) is 5.90. The van der Waals surface area contributed by atoms with E-state index in [0.29, 0.717) is 12.2 Å². The third-order valence-electron chi connectivity index (χ3n) is 5.03. The van der Waals surface area contributed by atoms with Gasteiger partial charge in [-0.25, -0.2) is 4.98 Å². The van der Waals surface area contributed by atoms with E-state index in [1.165, 1.54) is 0 Å². The van der Waals surface area contributed by atoms with Crippen LogP contribution in [-0.2, 0) is 4.79 Å². The minimum absolute atomic E-state index is 0.0133. The van der Waals surface area contributed by atoms with E-state index in [1.54, 1.807) is 11.8 Å². The predicted molar refractivity (Wildman–Crippen MR) is 129 cm³/mol. The van der Waals surface area contributed by atoms with Gasteiger partial charge in [0, 0.05) is 29.0 Å². The lowest BCUT2D eigenvalue weighted by Gasteiger charge is -2.09. The zero-order valence-electron chi connectivity index (χ0n) is 17.7. The fourth-order valence-corrected chi connectivity index (χ4v) is 4.17. The van der Waals surface area contributed by atoms with E-state index in [2.05, 4.69) is 34.6 Å². The van der Waals surface area contributed by atoms with Crippen molar-refractivity contribution in [3.8, 4) is 22.5 Å². The molecule has 3 aromatic carbocycles. The maximum absolute atomic E-state index is 12.4. The van der Waals surface area contributed by atoms with E-state index in [9.17, 15) is 4.79 Å². The Morgan fingerprint density at radius 3 is 2.32 bits per heavy atom. The number of aromatic nitrogens is 2. The molecule has 2 N–H and O–H groups in total. The van der Waals surface area contributed by atoms with Crippen molar-refractivity contribution in [3.63, 3.8) is 0 Å². The second kappa shape index (κ2) is 9.67. The number of carbonyl (C=O) groups is 1. The Morgan fingerprint density at radius 2 is 1.61 bits per heavy atom. The molecule has 4 nitrogen and oxygen atoms in total. The fourth-order valence-electron chi connectivity index (χ4n) is 3.36. The van der Waals surface area contributed by atoms with Crippen molar-refractivity contribution in [2.24, 2.45) is 0 Å². The Hall–Kier alpha value is -3.31. The molecule has 5 heteroatoms. The molecule has 1 amide bonds. The van der Waals surface area contributed by atoms with Crippen molar-refractivity contribution >= 4 is 23.4 Å². The topological polar surface area (TPSA) is 57.8 Å². The Morgan fingerprint density at radius 1 is 0.935 bits per heavy atom. The van der Waals surface area contributed by atoms with Gasteiger partial charge in [-0.3, -0.25) is 4.79 Å². The van der Waals surface area contributed by atoms with Gasteiger partial charge >= 0.3 is 0 Å². The summed E-state index contributed by atoms with van der Waals surface area (Å²) in [5.74, 6) is 0.659. The molecule has 0 saturated heterocycles. The predicted octanol–water partition coefficient (Wildman–Crippen LogP) is 6.48. The monoisotopic (exact) mass is 427 g/mol. The summed E-state index contributed by atoms with van der Waals surface area (Å²) >= 11 is 1.56. The second-order valence-corrected chi connectivity index (χ2v) is 8.55. The molecular weight excluding hydrogens is 402 g/mol. The van der Waals surface area contributed by atoms with E-state index >= 15 is 0 Å². The van der Waals surface area contributed by atoms with Crippen LogP contribution < -0.4 is 5.32 Å². The Balaban J connectivity index is 1.46. The number of benzene rings is 3. The number of anilines is 1. The Bertz CT molecular complexity index is 1110. The summed E-state index contributed by atoms with van der Waals surface area (Å²) in [7, 11) is 0. The normalized spacial score (nSPS) is 10.8. The van der Waals surface area contributed by atoms with E-state index in [-0.39, 0.29) is 5.91 Å². The lowest BCUT2D eigenvalue weighted by atomic mass is 10.1. The van der Waals surface area contributed by atoms with Gasteiger partial charge in [-0.05, 0) is 31.0 Å². The number of hydrogen-bond donors (Lipinski definition) is 2. The average molecular weight is 428 g/mol. The summed E-state index contributed by atoms with van der Waals surface area (Å²) in [5, 5.41) is 3.84. The van der Waals surface area contributed by atoms with Gasteiger partial charge in [-0.1, -0.05) is 84.6 Å². The minimum Gasteiger partial charge on any atom is -0.332 e. The number of hydrogen-bond acceptors (Lipinski definition) is 3. The molecule has 0 bridgehead atoms. The quantitative estimate of drug-likeness (QED) is 0.332. The summed E-state index contributed by atoms with van der Waals surface area (Å²) in [4.78, 5) is 20.7. The SMILES string of the molecule is Cc1ccc(C)c(NC(=O)CCSc2nc(-c3ccccc3)c(-c3ccccc3)[nH]2)c1. The summed E-state index contributed by atoms with van der Waals surface area (Å²) < 4.78 is 0. The van der Waals surface area contributed by atoms with E-state index < -0.39 is 0 Å². The first-order valence-electron chi connectivity index (χ1n) is 10.3. The number of nitrogens with one attached hydrogen (secondary N) is 2. The van der Waals surface area contributed by atoms with Crippen LogP contribution in [0.5, 0.6) is 0 Å².